The first-order valence-corrected chi connectivity index (χ1v) is 8.44. The molecule has 0 aliphatic carbocycles. The van der Waals surface area contributed by atoms with Gasteiger partial charge in [-0.3, -0.25) is 0 Å². The van der Waals surface area contributed by atoms with Crippen LogP contribution in [0.25, 0.3) is 0 Å². The molecule has 1 aliphatic rings. The molecule has 1 fully saturated rings. The summed E-state index contributed by atoms with van der Waals surface area (Å²) in [4.78, 5) is 11.4. The molecule has 0 spiro atoms. The number of anilines is 1. The highest BCUT2D eigenvalue weighted by Gasteiger charge is 2.35. The first kappa shape index (κ1) is 17.4. The Kier molecular flexibility index (Phi) is 5.28. The predicted octanol–water partition coefficient (Wildman–Crippen LogP) is 2.73. The number of esters is 1. The van der Waals surface area contributed by atoms with Crippen molar-refractivity contribution in [2.24, 2.45) is 0 Å². The molecule has 1 aliphatic heterocycles. The molecule has 0 atom stereocenters. The molecular formula is C19H23N3O3. The molecule has 0 radical (unpaired) electrons. The van der Waals surface area contributed by atoms with Gasteiger partial charge >= 0.3 is 5.97 Å². The second-order valence-electron chi connectivity index (χ2n) is 6.36. The highest BCUT2D eigenvalue weighted by molar-refractivity contribution is 5.86. The van der Waals surface area contributed by atoms with Crippen LogP contribution in [-0.4, -0.2) is 43.0 Å². The van der Waals surface area contributed by atoms with Crippen LogP contribution in [0.1, 0.15) is 34.5 Å². The average molecular weight is 341 g/mol. The largest absolute Gasteiger partial charge is 0.464 e. The summed E-state index contributed by atoms with van der Waals surface area (Å²) in [6, 6.07) is 11.9. The molecule has 0 unspecified atom stereocenters. The van der Waals surface area contributed by atoms with Gasteiger partial charge in [-0.25, -0.2) is 4.79 Å². The minimum Gasteiger partial charge on any atom is -0.464 e. The van der Waals surface area contributed by atoms with Crippen molar-refractivity contribution in [3.63, 3.8) is 0 Å². The van der Waals surface area contributed by atoms with Crippen molar-refractivity contribution in [2.45, 2.75) is 25.2 Å². The zero-order chi connectivity index (χ0) is 17.7. The number of benzene rings is 1. The van der Waals surface area contributed by atoms with Gasteiger partial charge in [0, 0.05) is 25.2 Å². The molecule has 0 bridgehead atoms. The van der Waals surface area contributed by atoms with E-state index in [1.54, 1.807) is 12.1 Å². The van der Waals surface area contributed by atoms with E-state index in [9.17, 15) is 4.79 Å². The molecule has 0 saturated carbocycles. The Balaban J connectivity index is 1.78. The second-order valence-corrected chi connectivity index (χ2v) is 6.36. The predicted molar refractivity (Wildman–Crippen MR) is 94.8 cm³/mol. The highest BCUT2D eigenvalue weighted by atomic mass is 16.5. The normalized spacial score (nSPS) is 16.2. The van der Waals surface area contributed by atoms with Crippen LogP contribution >= 0.6 is 0 Å². The van der Waals surface area contributed by atoms with Gasteiger partial charge in [0.1, 0.15) is 5.82 Å². The summed E-state index contributed by atoms with van der Waals surface area (Å²) in [5.41, 5.74) is 2.85. The first-order valence-electron chi connectivity index (χ1n) is 8.44. The van der Waals surface area contributed by atoms with Crippen molar-refractivity contribution in [3.8, 4) is 0 Å². The minimum absolute atomic E-state index is 0.00624. The molecule has 1 N–H and O–H groups in total. The second kappa shape index (κ2) is 7.61. The molecule has 6 nitrogen and oxygen atoms in total. The number of carbonyl (C=O) groups excluding carboxylic acids is 1. The summed E-state index contributed by atoms with van der Waals surface area (Å²) in [5.74, 6) is 0.159. The van der Waals surface area contributed by atoms with Crippen LogP contribution in [0.5, 0.6) is 0 Å². The summed E-state index contributed by atoms with van der Waals surface area (Å²) >= 11 is 0. The molecular weight excluding hydrogens is 318 g/mol. The van der Waals surface area contributed by atoms with Gasteiger partial charge in [0.25, 0.3) is 0 Å². The van der Waals surface area contributed by atoms with E-state index < -0.39 is 5.97 Å². The third-order valence-corrected chi connectivity index (χ3v) is 4.83. The van der Waals surface area contributed by atoms with Gasteiger partial charge in [-0.15, -0.1) is 10.2 Å². The van der Waals surface area contributed by atoms with Crippen LogP contribution < -0.4 is 5.32 Å². The smallest absolute Gasteiger partial charge is 0.358 e. The number of carbonyl (C=O) groups is 1. The topological polar surface area (TPSA) is 73.3 Å². The molecule has 1 aromatic carbocycles. The Morgan fingerprint density at radius 1 is 1.20 bits per heavy atom. The summed E-state index contributed by atoms with van der Waals surface area (Å²) in [5, 5.41) is 11.4. The molecule has 0 amide bonds. The first-order chi connectivity index (χ1) is 12.1. The molecule has 6 heteroatoms. The van der Waals surface area contributed by atoms with Crippen molar-refractivity contribution in [3.05, 3.63) is 53.2 Å². The molecule has 132 valence electrons. The standard InChI is InChI=1S/C19H23N3O3/c1-14-5-3-4-6-15(14)19(9-11-25-12-10-19)13-20-17-8-7-16(21-22-17)18(23)24-2/h3-8H,9-13H2,1-2H3,(H,20,22). The fourth-order valence-electron chi connectivity index (χ4n) is 3.37. The van der Waals surface area contributed by atoms with E-state index >= 15 is 0 Å². The Bertz CT molecular complexity index is 725. The maximum atomic E-state index is 11.4. The Morgan fingerprint density at radius 2 is 1.96 bits per heavy atom. The van der Waals surface area contributed by atoms with E-state index in [0.717, 1.165) is 32.6 Å². The third-order valence-electron chi connectivity index (χ3n) is 4.83. The molecule has 3 rings (SSSR count). The van der Waals surface area contributed by atoms with Crippen molar-refractivity contribution in [2.75, 3.05) is 32.2 Å². The molecule has 1 saturated heterocycles. The van der Waals surface area contributed by atoms with E-state index in [-0.39, 0.29) is 11.1 Å². The lowest BCUT2D eigenvalue weighted by atomic mass is 9.72. The van der Waals surface area contributed by atoms with Gasteiger partial charge in [0.15, 0.2) is 5.69 Å². The molecule has 25 heavy (non-hydrogen) atoms. The number of hydrogen-bond acceptors (Lipinski definition) is 6. The molecule has 2 aromatic rings. The maximum Gasteiger partial charge on any atom is 0.358 e. The number of ether oxygens (including phenoxy) is 2. The van der Waals surface area contributed by atoms with E-state index in [4.69, 9.17) is 4.74 Å². The zero-order valence-electron chi connectivity index (χ0n) is 14.6. The van der Waals surface area contributed by atoms with Crippen molar-refractivity contribution in [1.82, 2.24) is 10.2 Å². The van der Waals surface area contributed by atoms with E-state index in [1.165, 1.54) is 18.2 Å². The monoisotopic (exact) mass is 341 g/mol. The lowest BCUT2D eigenvalue weighted by molar-refractivity contribution is 0.0541. The van der Waals surface area contributed by atoms with Crippen LogP contribution in [0.2, 0.25) is 0 Å². The van der Waals surface area contributed by atoms with Crippen LogP contribution in [0.15, 0.2) is 36.4 Å². The number of methoxy groups -OCH3 is 1. The van der Waals surface area contributed by atoms with Gasteiger partial charge in [-0.05, 0) is 43.0 Å². The SMILES string of the molecule is COC(=O)c1ccc(NCC2(c3ccccc3C)CCOCC2)nn1. The summed E-state index contributed by atoms with van der Waals surface area (Å²) < 4.78 is 10.2. The van der Waals surface area contributed by atoms with Crippen LogP contribution in [0.4, 0.5) is 5.82 Å². The summed E-state index contributed by atoms with van der Waals surface area (Å²) in [7, 11) is 1.33. The Morgan fingerprint density at radius 3 is 2.60 bits per heavy atom. The lowest BCUT2D eigenvalue weighted by Crippen LogP contribution is -2.40. The van der Waals surface area contributed by atoms with Crippen molar-refractivity contribution >= 4 is 11.8 Å². The quantitative estimate of drug-likeness (QED) is 0.843. The lowest BCUT2D eigenvalue weighted by Gasteiger charge is -2.39. The fraction of sp³-hybridized carbons (Fsp3) is 0.421. The van der Waals surface area contributed by atoms with Gasteiger partial charge < -0.3 is 14.8 Å². The number of rotatable bonds is 5. The van der Waals surface area contributed by atoms with Gasteiger partial charge in [0.2, 0.25) is 0 Å². The van der Waals surface area contributed by atoms with Crippen molar-refractivity contribution in [1.29, 1.82) is 0 Å². The summed E-state index contributed by atoms with van der Waals surface area (Å²) in [6.07, 6.45) is 1.91. The van der Waals surface area contributed by atoms with Crippen LogP contribution in [0.3, 0.4) is 0 Å². The maximum absolute atomic E-state index is 11.4. The Hall–Kier alpha value is -2.47. The highest BCUT2D eigenvalue weighted by Crippen LogP contribution is 2.36. The molecule has 2 heterocycles. The number of hydrogen-bond donors (Lipinski definition) is 1. The summed E-state index contributed by atoms with van der Waals surface area (Å²) in [6.45, 7) is 4.40. The number of nitrogens with one attached hydrogen (secondary N) is 1. The van der Waals surface area contributed by atoms with E-state index in [1.807, 2.05) is 0 Å². The van der Waals surface area contributed by atoms with Crippen LogP contribution in [0, 0.1) is 6.92 Å². The van der Waals surface area contributed by atoms with E-state index in [0.29, 0.717) is 5.82 Å². The van der Waals surface area contributed by atoms with Crippen LogP contribution in [-0.2, 0) is 14.9 Å². The van der Waals surface area contributed by atoms with E-state index in [2.05, 4.69) is 51.4 Å². The Labute approximate surface area is 147 Å². The van der Waals surface area contributed by atoms with Gasteiger partial charge in [-0.2, -0.15) is 0 Å². The number of aromatic nitrogens is 2. The zero-order valence-corrected chi connectivity index (χ0v) is 14.6. The minimum atomic E-state index is -0.486. The van der Waals surface area contributed by atoms with Gasteiger partial charge in [0.05, 0.1) is 7.11 Å². The number of aryl methyl sites for hydroxylation is 1. The fourth-order valence-corrected chi connectivity index (χ4v) is 3.37. The third kappa shape index (κ3) is 3.79. The number of nitrogens with zero attached hydrogens (tertiary/aromatic N) is 2. The van der Waals surface area contributed by atoms with Crippen molar-refractivity contribution < 1.29 is 14.3 Å². The average Bonchev–Trinajstić information content (AvgIpc) is 2.67. The molecule has 1 aromatic heterocycles. The van der Waals surface area contributed by atoms with Gasteiger partial charge in [-0.1, -0.05) is 24.3 Å².